The predicted octanol–water partition coefficient (Wildman–Crippen LogP) is 3.40. The van der Waals surface area contributed by atoms with Crippen LogP contribution in [0.2, 0.25) is 0 Å². The number of benzene rings is 3. The van der Waals surface area contributed by atoms with E-state index in [1.165, 1.54) is 18.2 Å². The Bertz CT molecular complexity index is 934. The summed E-state index contributed by atoms with van der Waals surface area (Å²) >= 11 is 0. The van der Waals surface area contributed by atoms with E-state index in [9.17, 15) is 19.1 Å². The van der Waals surface area contributed by atoms with Crippen molar-refractivity contribution in [3.8, 4) is 0 Å². The first-order valence-electron chi connectivity index (χ1n) is 7.80. The fraction of sp³-hybridized carbons (Fsp3) is 0.100. The van der Waals surface area contributed by atoms with Crippen LogP contribution < -0.4 is 5.32 Å². The lowest BCUT2D eigenvalue weighted by Gasteiger charge is -2.15. The van der Waals surface area contributed by atoms with E-state index in [2.05, 4.69) is 5.32 Å². The largest absolute Gasteiger partial charge is 0.480 e. The van der Waals surface area contributed by atoms with Crippen LogP contribution in [0.1, 0.15) is 15.9 Å². The number of nitrogens with one attached hydrogen (secondary N) is 1. The van der Waals surface area contributed by atoms with Gasteiger partial charge in [0.15, 0.2) is 0 Å². The number of aliphatic carboxylic acids is 1. The Hall–Kier alpha value is -3.21. The lowest BCUT2D eigenvalue weighted by atomic mass is 10.0. The van der Waals surface area contributed by atoms with Crippen LogP contribution in [0.5, 0.6) is 0 Å². The zero-order valence-corrected chi connectivity index (χ0v) is 13.3. The summed E-state index contributed by atoms with van der Waals surface area (Å²) in [5.74, 6) is -2.08. The van der Waals surface area contributed by atoms with E-state index in [0.717, 1.165) is 10.8 Å². The normalized spacial score (nSPS) is 11.9. The van der Waals surface area contributed by atoms with E-state index in [1.807, 2.05) is 30.3 Å². The predicted molar refractivity (Wildman–Crippen MR) is 92.9 cm³/mol. The minimum Gasteiger partial charge on any atom is -0.480 e. The second-order valence-electron chi connectivity index (χ2n) is 5.73. The van der Waals surface area contributed by atoms with Crippen molar-refractivity contribution < 1.29 is 19.1 Å². The molecule has 0 spiro atoms. The van der Waals surface area contributed by atoms with E-state index < -0.39 is 23.7 Å². The molecule has 0 saturated carbocycles. The van der Waals surface area contributed by atoms with Crippen molar-refractivity contribution in [1.82, 2.24) is 5.32 Å². The molecular formula is C20H16FNO3. The van der Waals surface area contributed by atoms with Gasteiger partial charge in [0.1, 0.15) is 11.9 Å². The third kappa shape index (κ3) is 3.83. The second-order valence-corrected chi connectivity index (χ2v) is 5.73. The van der Waals surface area contributed by atoms with Gasteiger partial charge < -0.3 is 10.4 Å². The summed E-state index contributed by atoms with van der Waals surface area (Å²) in [4.78, 5) is 24.1. The highest BCUT2D eigenvalue weighted by atomic mass is 19.1. The van der Waals surface area contributed by atoms with Crippen molar-refractivity contribution in [3.05, 3.63) is 83.7 Å². The molecule has 126 valence electrons. The molecule has 0 aliphatic rings. The Labute approximate surface area is 143 Å². The summed E-state index contributed by atoms with van der Waals surface area (Å²) in [7, 11) is 0. The van der Waals surface area contributed by atoms with Gasteiger partial charge in [-0.25, -0.2) is 9.18 Å². The quantitative estimate of drug-likeness (QED) is 0.750. The average molecular weight is 337 g/mol. The summed E-state index contributed by atoms with van der Waals surface area (Å²) < 4.78 is 13.3. The van der Waals surface area contributed by atoms with Crippen molar-refractivity contribution in [2.45, 2.75) is 12.5 Å². The second kappa shape index (κ2) is 7.13. The van der Waals surface area contributed by atoms with Crippen molar-refractivity contribution in [2.75, 3.05) is 0 Å². The van der Waals surface area contributed by atoms with Crippen molar-refractivity contribution in [3.63, 3.8) is 0 Å². The number of carboxylic acids is 1. The first-order chi connectivity index (χ1) is 12.0. The number of carboxylic acid groups (broad SMARTS) is 1. The number of hydrogen-bond acceptors (Lipinski definition) is 2. The van der Waals surface area contributed by atoms with Gasteiger partial charge in [-0.1, -0.05) is 48.5 Å². The van der Waals surface area contributed by atoms with Crippen LogP contribution in [0.25, 0.3) is 10.8 Å². The molecule has 2 N–H and O–H groups in total. The highest BCUT2D eigenvalue weighted by Crippen LogP contribution is 2.18. The molecule has 5 heteroatoms. The molecule has 3 aromatic carbocycles. The number of fused-ring (bicyclic) bond motifs is 1. The maximum absolute atomic E-state index is 13.3. The number of carbonyl (C=O) groups excluding carboxylic acids is 1. The summed E-state index contributed by atoms with van der Waals surface area (Å²) in [5.41, 5.74) is 0.911. The zero-order valence-electron chi connectivity index (χ0n) is 13.3. The Kier molecular flexibility index (Phi) is 4.75. The number of amides is 1. The number of rotatable bonds is 5. The summed E-state index contributed by atoms with van der Waals surface area (Å²) in [6.07, 6.45) is 0.00357. The van der Waals surface area contributed by atoms with Gasteiger partial charge in [-0.05, 0) is 34.5 Å². The van der Waals surface area contributed by atoms with Gasteiger partial charge in [0.2, 0.25) is 0 Å². The smallest absolute Gasteiger partial charge is 0.326 e. The molecule has 25 heavy (non-hydrogen) atoms. The molecule has 0 fully saturated rings. The molecule has 4 nitrogen and oxygen atoms in total. The molecule has 0 saturated heterocycles. The van der Waals surface area contributed by atoms with E-state index in [0.29, 0.717) is 11.1 Å². The summed E-state index contributed by atoms with van der Waals surface area (Å²) in [6, 6.07) is 17.2. The Balaban J connectivity index is 1.84. The summed E-state index contributed by atoms with van der Waals surface area (Å²) in [5, 5.41) is 13.6. The highest BCUT2D eigenvalue weighted by molar-refractivity contribution is 6.07. The van der Waals surface area contributed by atoms with Crippen molar-refractivity contribution in [2.24, 2.45) is 0 Å². The minimum atomic E-state index is -1.17. The van der Waals surface area contributed by atoms with E-state index in [1.54, 1.807) is 18.2 Å². The maximum Gasteiger partial charge on any atom is 0.326 e. The third-order valence-electron chi connectivity index (χ3n) is 3.97. The molecule has 0 unspecified atom stereocenters. The Morgan fingerprint density at radius 1 is 1.00 bits per heavy atom. The molecule has 0 bridgehead atoms. The van der Waals surface area contributed by atoms with Crippen LogP contribution in [-0.4, -0.2) is 23.0 Å². The molecule has 1 atom stereocenters. The van der Waals surface area contributed by atoms with E-state index in [-0.39, 0.29) is 6.42 Å². The molecule has 3 aromatic rings. The van der Waals surface area contributed by atoms with Crippen LogP contribution in [0.15, 0.2) is 66.7 Å². The first-order valence-corrected chi connectivity index (χ1v) is 7.80. The molecule has 0 aliphatic heterocycles. The molecule has 0 aliphatic carbocycles. The van der Waals surface area contributed by atoms with Crippen molar-refractivity contribution >= 4 is 22.6 Å². The first kappa shape index (κ1) is 16.6. The van der Waals surface area contributed by atoms with Gasteiger partial charge in [0.25, 0.3) is 5.91 Å². The molecule has 0 radical (unpaired) electrons. The molecule has 0 heterocycles. The van der Waals surface area contributed by atoms with Gasteiger partial charge >= 0.3 is 5.97 Å². The van der Waals surface area contributed by atoms with Crippen LogP contribution in [0.3, 0.4) is 0 Å². The van der Waals surface area contributed by atoms with Gasteiger partial charge in [-0.2, -0.15) is 0 Å². The Morgan fingerprint density at radius 2 is 1.72 bits per heavy atom. The van der Waals surface area contributed by atoms with Gasteiger partial charge in [-0.3, -0.25) is 4.79 Å². The number of carbonyl (C=O) groups is 2. The number of halogens is 1. The van der Waals surface area contributed by atoms with E-state index in [4.69, 9.17) is 0 Å². The third-order valence-corrected chi connectivity index (χ3v) is 3.97. The van der Waals surface area contributed by atoms with Crippen LogP contribution in [0, 0.1) is 5.82 Å². The maximum atomic E-state index is 13.3. The average Bonchev–Trinajstić information content (AvgIpc) is 2.60. The fourth-order valence-electron chi connectivity index (χ4n) is 2.76. The standard InChI is InChI=1S/C20H16FNO3/c21-15-8-3-5-13(11-15)12-18(20(24)25)22-19(23)17-10-4-7-14-6-1-2-9-16(14)17/h1-11,18H,12H2,(H,22,23)(H,24,25)/t18-/m1/s1. The lowest BCUT2D eigenvalue weighted by molar-refractivity contribution is -0.139. The van der Waals surface area contributed by atoms with Crippen LogP contribution in [0.4, 0.5) is 4.39 Å². The van der Waals surface area contributed by atoms with Gasteiger partial charge in [-0.15, -0.1) is 0 Å². The molecular weight excluding hydrogens is 321 g/mol. The zero-order chi connectivity index (χ0) is 17.8. The van der Waals surface area contributed by atoms with Crippen LogP contribution >= 0.6 is 0 Å². The SMILES string of the molecule is O=C(N[C@H](Cc1cccc(F)c1)C(=O)O)c1cccc2ccccc12. The summed E-state index contributed by atoms with van der Waals surface area (Å²) in [6.45, 7) is 0. The fourth-order valence-corrected chi connectivity index (χ4v) is 2.76. The van der Waals surface area contributed by atoms with Crippen LogP contribution in [-0.2, 0) is 11.2 Å². The number of hydrogen-bond donors (Lipinski definition) is 2. The van der Waals surface area contributed by atoms with Gasteiger partial charge in [0.05, 0.1) is 0 Å². The van der Waals surface area contributed by atoms with Crippen molar-refractivity contribution in [1.29, 1.82) is 0 Å². The molecule has 0 aromatic heterocycles. The molecule has 3 rings (SSSR count). The van der Waals surface area contributed by atoms with Gasteiger partial charge in [0, 0.05) is 12.0 Å². The molecule has 1 amide bonds. The topological polar surface area (TPSA) is 66.4 Å². The lowest BCUT2D eigenvalue weighted by Crippen LogP contribution is -2.42. The monoisotopic (exact) mass is 337 g/mol. The minimum absolute atomic E-state index is 0.00357. The Morgan fingerprint density at radius 3 is 2.48 bits per heavy atom. The van der Waals surface area contributed by atoms with E-state index >= 15 is 0 Å². The highest BCUT2D eigenvalue weighted by Gasteiger charge is 2.22.